The third-order valence-corrected chi connectivity index (χ3v) is 4.13. The molecule has 0 aliphatic heterocycles. The summed E-state index contributed by atoms with van der Waals surface area (Å²) >= 11 is 0. The highest BCUT2D eigenvalue weighted by Gasteiger charge is 2.11. The number of guanidine groups is 1. The van der Waals surface area contributed by atoms with E-state index in [1.54, 1.807) is 7.05 Å². The van der Waals surface area contributed by atoms with Crippen molar-refractivity contribution in [2.24, 2.45) is 12.0 Å². The topological polar surface area (TPSA) is 57.5 Å². The van der Waals surface area contributed by atoms with Gasteiger partial charge in [0, 0.05) is 28.2 Å². The summed E-state index contributed by atoms with van der Waals surface area (Å²) < 4.78 is 2.07. The molecule has 0 amide bonds. The molecule has 0 radical (unpaired) electrons. The Hall–Kier alpha value is -2.50. The molecule has 1 unspecified atom stereocenters. The Morgan fingerprint density at radius 2 is 2.04 bits per heavy atom. The minimum Gasteiger partial charge on any atom is -0.351 e. The second-order valence-electron chi connectivity index (χ2n) is 6.15. The molecule has 1 aromatic heterocycles. The zero-order valence-corrected chi connectivity index (χ0v) is 15.5. The number of aliphatic imine (C=N–C) groups is 1. The van der Waals surface area contributed by atoms with E-state index < -0.39 is 0 Å². The minimum absolute atomic E-state index is 0.182. The Kier molecular flexibility index (Phi) is 5.84. The van der Waals surface area contributed by atoms with Crippen molar-refractivity contribution in [3.8, 4) is 0 Å². The van der Waals surface area contributed by atoms with Crippen LogP contribution >= 0.6 is 0 Å². The van der Waals surface area contributed by atoms with E-state index in [0.29, 0.717) is 6.54 Å². The predicted octanol–water partition coefficient (Wildman–Crippen LogP) is 2.22. The van der Waals surface area contributed by atoms with Crippen LogP contribution in [0.1, 0.15) is 29.8 Å². The molecule has 0 aliphatic rings. The maximum atomic E-state index is 4.43. The zero-order chi connectivity index (χ0) is 17.7. The van der Waals surface area contributed by atoms with Gasteiger partial charge in [0.15, 0.2) is 5.96 Å². The average molecular weight is 328 g/mol. The molecular formula is C18H28N6. The number of hydrogen-bond donors (Lipinski definition) is 2. The van der Waals surface area contributed by atoms with Crippen molar-refractivity contribution >= 4 is 11.9 Å². The van der Waals surface area contributed by atoms with Gasteiger partial charge in [0.1, 0.15) is 0 Å². The van der Waals surface area contributed by atoms with Crippen molar-refractivity contribution in [1.29, 1.82) is 0 Å². The van der Waals surface area contributed by atoms with Crippen molar-refractivity contribution in [3.05, 3.63) is 47.3 Å². The summed E-state index contributed by atoms with van der Waals surface area (Å²) in [5, 5.41) is 6.80. The maximum Gasteiger partial charge on any atom is 0.204 e. The van der Waals surface area contributed by atoms with Gasteiger partial charge in [0.2, 0.25) is 5.95 Å². The van der Waals surface area contributed by atoms with E-state index in [0.717, 1.165) is 17.6 Å². The number of aryl methyl sites for hydroxylation is 1. The lowest BCUT2D eigenvalue weighted by atomic mass is 10.0. The first-order chi connectivity index (χ1) is 11.4. The quantitative estimate of drug-likeness (QED) is 0.653. The lowest BCUT2D eigenvalue weighted by Crippen LogP contribution is -2.38. The van der Waals surface area contributed by atoms with Crippen LogP contribution in [-0.4, -0.2) is 36.7 Å². The van der Waals surface area contributed by atoms with Gasteiger partial charge in [-0.25, -0.2) is 4.98 Å². The van der Waals surface area contributed by atoms with E-state index in [2.05, 4.69) is 63.3 Å². The molecular weight excluding hydrogens is 300 g/mol. The van der Waals surface area contributed by atoms with Crippen LogP contribution < -0.4 is 15.5 Å². The van der Waals surface area contributed by atoms with Crippen LogP contribution in [0.25, 0.3) is 0 Å². The standard InChI is InChI=1S/C18H28N6/c1-13-9-7-8-10-16(13)14(2)22-17(19-3)20-11-15-12-21-18(23(4)5)24(15)6/h7-10,12,14H,11H2,1-6H3,(H2,19,20,22). The molecule has 0 fully saturated rings. The number of rotatable bonds is 5. The largest absolute Gasteiger partial charge is 0.351 e. The number of benzene rings is 1. The van der Waals surface area contributed by atoms with Gasteiger partial charge in [0.05, 0.1) is 24.5 Å². The van der Waals surface area contributed by atoms with Crippen LogP contribution in [0.2, 0.25) is 0 Å². The van der Waals surface area contributed by atoms with Gasteiger partial charge in [-0.15, -0.1) is 0 Å². The van der Waals surface area contributed by atoms with E-state index in [9.17, 15) is 0 Å². The molecule has 2 rings (SSSR count). The molecule has 6 nitrogen and oxygen atoms in total. The van der Waals surface area contributed by atoms with Crippen molar-refractivity contribution < 1.29 is 0 Å². The summed E-state index contributed by atoms with van der Waals surface area (Å²) in [6.45, 7) is 4.93. The van der Waals surface area contributed by atoms with Crippen LogP contribution in [0.5, 0.6) is 0 Å². The molecule has 0 spiro atoms. The fourth-order valence-electron chi connectivity index (χ4n) is 2.74. The molecule has 1 heterocycles. The van der Waals surface area contributed by atoms with Crippen molar-refractivity contribution in [3.63, 3.8) is 0 Å². The molecule has 2 aromatic rings. The highest BCUT2D eigenvalue weighted by atomic mass is 15.3. The van der Waals surface area contributed by atoms with Crippen molar-refractivity contribution in [1.82, 2.24) is 20.2 Å². The Morgan fingerprint density at radius 3 is 2.62 bits per heavy atom. The van der Waals surface area contributed by atoms with Gasteiger partial charge in [-0.3, -0.25) is 4.99 Å². The number of nitrogens with zero attached hydrogens (tertiary/aromatic N) is 4. The predicted molar refractivity (Wildman–Crippen MR) is 100 cm³/mol. The molecule has 1 atom stereocenters. The molecule has 24 heavy (non-hydrogen) atoms. The number of anilines is 1. The molecule has 1 aromatic carbocycles. The van der Waals surface area contributed by atoms with Gasteiger partial charge in [-0.1, -0.05) is 24.3 Å². The van der Waals surface area contributed by atoms with Gasteiger partial charge >= 0.3 is 0 Å². The average Bonchev–Trinajstić information content (AvgIpc) is 2.92. The van der Waals surface area contributed by atoms with Gasteiger partial charge in [-0.05, 0) is 25.0 Å². The van der Waals surface area contributed by atoms with Crippen LogP contribution in [0, 0.1) is 6.92 Å². The molecule has 0 saturated carbocycles. The fraction of sp³-hybridized carbons (Fsp3) is 0.444. The number of aromatic nitrogens is 2. The highest BCUT2D eigenvalue weighted by Crippen LogP contribution is 2.16. The summed E-state index contributed by atoms with van der Waals surface area (Å²) in [6.07, 6.45) is 1.89. The Bertz CT molecular complexity index is 701. The number of hydrogen-bond acceptors (Lipinski definition) is 3. The molecule has 6 heteroatoms. The van der Waals surface area contributed by atoms with Crippen molar-refractivity contribution in [2.45, 2.75) is 26.4 Å². The van der Waals surface area contributed by atoms with E-state index in [-0.39, 0.29) is 6.04 Å². The minimum atomic E-state index is 0.182. The van der Waals surface area contributed by atoms with Gasteiger partial charge in [0.25, 0.3) is 0 Å². The lowest BCUT2D eigenvalue weighted by Gasteiger charge is -2.20. The van der Waals surface area contributed by atoms with Gasteiger partial charge < -0.3 is 20.1 Å². The van der Waals surface area contributed by atoms with Gasteiger partial charge in [-0.2, -0.15) is 0 Å². The fourth-order valence-corrected chi connectivity index (χ4v) is 2.74. The molecule has 130 valence electrons. The summed E-state index contributed by atoms with van der Waals surface area (Å²) in [7, 11) is 7.79. The summed E-state index contributed by atoms with van der Waals surface area (Å²) in [5.41, 5.74) is 3.65. The molecule has 2 N–H and O–H groups in total. The Morgan fingerprint density at radius 1 is 1.33 bits per heavy atom. The van der Waals surface area contributed by atoms with E-state index in [1.807, 2.05) is 32.2 Å². The highest BCUT2D eigenvalue weighted by molar-refractivity contribution is 5.80. The molecule has 0 saturated heterocycles. The number of imidazole rings is 1. The summed E-state index contributed by atoms with van der Waals surface area (Å²) in [4.78, 5) is 10.7. The van der Waals surface area contributed by atoms with E-state index >= 15 is 0 Å². The second-order valence-corrected chi connectivity index (χ2v) is 6.15. The number of nitrogens with one attached hydrogen (secondary N) is 2. The normalized spacial score (nSPS) is 12.8. The van der Waals surface area contributed by atoms with Crippen LogP contribution in [-0.2, 0) is 13.6 Å². The first kappa shape index (κ1) is 17.8. The van der Waals surface area contributed by atoms with Crippen LogP contribution in [0.15, 0.2) is 35.5 Å². The van der Waals surface area contributed by atoms with E-state index in [4.69, 9.17) is 0 Å². The monoisotopic (exact) mass is 328 g/mol. The molecule has 0 aliphatic carbocycles. The third kappa shape index (κ3) is 4.07. The zero-order valence-electron chi connectivity index (χ0n) is 15.5. The summed E-state index contributed by atoms with van der Waals surface area (Å²) in [6, 6.07) is 8.58. The lowest BCUT2D eigenvalue weighted by molar-refractivity contribution is 0.672. The second kappa shape index (κ2) is 7.86. The van der Waals surface area contributed by atoms with Crippen molar-refractivity contribution in [2.75, 3.05) is 26.0 Å². The maximum absolute atomic E-state index is 4.43. The SMILES string of the molecule is CN=C(NCc1cnc(N(C)C)n1C)NC(C)c1ccccc1C. The van der Waals surface area contributed by atoms with Crippen LogP contribution in [0.3, 0.4) is 0 Å². The smallest absolute Gasteiger partial charge is 0.204 e. The van der Waals surface area contributed by atoms with E-state index in [1.165, 1.54) is 11.1 Å². The Balaban J connectivity index is 1.99. The first-order valence-corrected chi connectivity index (χ1v) is 8.14. The third-order valence-electron chi connectivity index (χ3n) is 4.13. The Labute approximate surface area is 144 Å². The molecule has 0 bridgehead atoms. The van der Waals surface area contributed by atoms with Crippen LogP contribution in [0.4, 0.5) is 5.95 Å². The first-order valence-electron chi connectivity index (χ1n) is 8.14. The summed E-state index contributed by atoms with van der Waals surface area (Å²) in [5.74, 6) is 1.71.